The van der Waals surface area contributed by atoms with Gasteiger partial charge < -0.3 is 23.7 Å². The van der Waals surface area contributed by atoms with Gasteiger partial charge in [-0.05, 0) is 43.7 Å². The molecule has 1 aliphatic carbocycles. The number of fused-ring (bicyclic) bond motifs is 2. The van der Waals surface area contributed by atoms with Crippen LogP contribution in [-0.2, 0) is 19.2 Å². The van der Waals surface area contributed by atoms with E-state index in [1.807, 2.05) is 22.6 Å². The average Bonchev–Trinajstić information content (AvgIpc) is 0.771. The minimum absolute atomic E-state index is 0. The van der Waals surface area contributed by atoms with Gasteiger partial charge in [-0.2, -0.15) is 0 Å². The number of carboxylic acids is 1. The van der Waals surface area contributed by atoms with Crippen molar-refractivity contribution in [3.63, 3.8) is 0 Å². The number of rotatable bonds is 6. The maximum atomic E-state index is 13.4. The number of aryl methyl sites for hydroxylation is 2. The Balaban J connectivity index is -0.0000000152. The second kappa shape index (κ2) is 539. The number of aliphatic carboxylic acids is 1. The Morgan fingerprint density at radius 1 is 0.345 bits per heavy atom. The Kier molecular flexibility index (Phi) is 1570. The van der Waals surface area contributed by atoms with Gasteiger partial charge in [0.2, 0.25) is 5.91 Å². The van der Waals surface area contributed by atoms with E-state index in [0.29, 0.717) is 10.7 Å². The fourth-order valence-electron chi connectivity index (χ4n) is 5.38. The first-order chi connectivity index (χ1) is 72.5. The summed E-state index contributed by atoms with van der Waals surface area (Å²) in [5.41, 5.74) is 15.6. The molecule has 1 amide bonds. The molecule has 4 aromatic rings. The van der Waals surface area contributed by atoms with Crippen LogP contribution < -0.4 is 79.7 Å². The van der Waals surface area contributed by atoms with Gasteiger partial charge in [-0.1, -0.05) is 22.6 Å². The number of hydrogen-bond donors (Lipinski definition) is 4. The van der Waals surface area contributed by atoms with E-state index in [-0.39, 0.29) is 135 Å². The molecular formula is C30H33F2IK101N7O7. The molecule has 0 bridgehead atoms. The number of halogens is 3. The number of alkyl halides is 1. The molecule has 7 N–H and O–H groups in total. The molecule has 5 rings (SSSR count). The minimum atomic E-state index is -1.18. The van der Waals surface area contributed by atoms with Gasteiger partial charge in [0.05, 0.1) is 34.3 Å². The summed E-state index contributed by atoms with van der Waals surface area (Å²) in [5, 5.41) is 8.81. The number of nitrogen functional groups attached to an aromatic ring is 2. The molecule has 0 saturated heterocycles. The summed E-state index contributed by atoms with van der Waals surface area (Å²) in [4.78, 5) is 79.8. The molecule has 2 atom stereocenters. The molecule has 2 aromatic carbocycles. The molecule has 352 valence electrons. The van der Waals surface area contributed by atoms with Crippen LogP contribution in [0.3, 0.4) is 0 Å². The zero-order valence-corrected chi connectivity index (χ0v) is 444. The fourth-order valence-corrected chi connectivity index (χ4v) is 5.38. The van der Waals surface area contributed by atoms with E-state index >= 15 is 0 Å². The molecule has 0 aliphatic heterocycles. The van der Waals surface area contributed by atoms with Crippen LogP contribution in [0.15, 0.2) is 33.9 Å². The first-order valence-electron chi connectivity index (χ1n) is 64.6. The molecule has 2 heterocycles. The van der Waals surface area contributed by atoms with Crippen molar-refractivity contribution >= 4 is 3240 Å². The topological polar surface area (TPSA) is 236 Å². The van der Waals surface area contributed by atoms with Gasteiger partial charge in [0, 0.05) is 37.7 Å². The van der Waals surface area contributed by atoms with Crippen LogP contribution in [0.5, 0.6) is 0 Å². The van der Waals surface area contributed by atoms with Gasteiger partial charge >= 0.3 is 3220 Å². The third-order valence-corrected chi connectivity index (χ3v) is 7.38. The summed E-state index contributed by atoms with van der Waals surface area (Å²) in [6.45, 7) is 3.02. The van der Waals surface area contributed by atoms with E-state index in [1.165, 1.54) is 3170 Å². The number of nitrogens with zero attached hydrogens (tertiary/aromatic N) is 4. The van der Waals surface area contributed by atoms with E-state index in [1.54, 1.807) is 6.92 Å². The van der Waals surface area contributed by atoms with E-state index in [9.17, 15) is 37.5 Å². The quantitative estimate of drug-likeness (QED) is 0.0466. The van der Waals surface area contributed by atoms with Crippen molar-refractivity contribution in [3.05, 3.63) is 68.3 Å². The van der Waals surface area contributed by atoms with Gasteiger partial charge in [0.25, 0.3) is 11.1 Å². The number of amides is 1. The summed E-state index contributed by atoms with van der Waals surface area (Å²) < 4.78 is 35.3. The van der Waals surface area contributed by atoms with Crippen molar-refractivity contribution in [3.8, 4) is 0 Å². The first kappa shape index (κ1) is 430. The molecule has 14 nitrogen and oxygen atoms in total. The van der Waals surface area contributed by atoms with E-state index < -0.39 is 46.7 Å². The predicted octanol–water partition coefficient (Wildman–Crippen LogP) is -38.3. The van der Waals surface area contributed by atoms with Crippen molar-refractivity contribution in [2.75, 3.05) is 16.4 Å². The maximum absolute atomic E-state index is 13.4. The van der Waals surface area contributed by atoms with Crippen LogP contribution in [0.2, 0.25) is 0 Å². The second-order valence-electron chi connectivity index (χ2n) is 10.5. The Morgan fingerprint density at radius 2 is 0.507 bits per heavy atom. The number of carbonyl (C=O) groups excluding carboxylic acids is 3. The molecule has 1 aliphatic rings. The number of carboxylic acid groups (broad SMARTS) is 1. The van der Waals surface area contributed by atoms with Crippen LogP contribution >= 0.6 is 22.6 Å². The van der Waals surface area contributed by atoms with Crippen LogP contribution in [0.25, 0.3) is 21.8 Å². The molecule has 1 saturated carbocycles. The van der Waals surface area contributed by atoms with Crippen molar-refractivity contribution in [2.45, 2.75) is 58.0 Å². The second-order valence-corrected chi connectivity index (χ2v) is 10.5. The number of benzene rings is 2. The molecule has 118 heteroatoms. The number of anilines is 2. The molecule has 2 aromatic heterocycles. The average molecular weight is 4720 g/mol. The van der Waals surface area contributed by atoms with Gasteiger partial charge in [0.15, 0.2) is 5.78 Å². The Labute approximate surface area is 3240 Å². The number of primary amides is 1. The van der Waals surface area contributed by atoms with Crippen LogP contribution in [-0.4, -0.2) is 3210 Å². The third-order valence-electron chi connectivity index (χ3n) is 7.38. The van der Waals surface area contributed by atoms with E-state index in [4.69, 9.17) is 23.7 Å². The fraction of sp³-hybridized carbons (Fsp3) is 0.333. The summed E-state index contributed by atoms with van der Waals surface area (Å²) in [5.74, 6) is -3.22. The number of carbonyl (C=O) groups is 4. The number of nitrogens with two attached hydrogens (primary N) is 3. The monoisotopic (exact) mass is 4700 g/mol. The Morgan fingerprint density at radius 3 is 0.662 bits per heavy atom. The van der Waals surface area contributed by atoms with E-state index in [0.717, 1.165) is 28.8 Å². The molecule has 0 spiro atoms. The normalized spacial score (nSPS) is 7.55. The zero-order chi connectivity index (χ0) is 136. The SMILES string of the molecule is Cc1nc2cc(F)cc(N)c2c(=O)n1C1CCC(=O)CC1=O.Cc1nc2cc(F)cc(N)c2c(=O)n1[C@@H](CCC(=O)O)C(N)=O.[2H]CI.[H-].[K+].[K][K].[K][K].[K][K].[K][K].[K][K].[K][K].[K][K].[K][K].[K][K].[K][K].[K][K].[K][K].[K][K].[K][K].[K][K].[K][K].[K][K].[K][K].[K][K].[K][K].[K][K].[K][K].[K][K].[K][K].[K][K].[K][K].[K][K].[K][K].[K][K].[K][K].[K][K].[K][K].[K][K].[K][K].[K][K].[K][K].[K][K].[K][K].[K][K].[K][K].[K][K].[K][K].[K][K].[K][K].[K][K].[K][K].[K][K].[K][K].[K][K].[K][K]. The summed E-state index contributed by atoms with van der Waals surface area (Å²) in [6.07, 6.45) is -0.171. The number of Topliss-reactive ketones (excluding diaryl/α,β-unsaturated/α-hetero) is 2. The summed E-state index contributed by atoms with van der Waals surface area (Å²) >= 11 is 127. The van der Waals surface area contributed by atoms with Gasteiger partial charge in [-0.25, -0.2) is 18.7 Å². The van der Waals surface area contributed by atoms with E-state index in [2.05, 4.69) is 9.97 Å². The third kappa shape index (κ3) is 442. The standard InChI is InChI=1S/C15H14FN3O3.C14H15FN4O4.CH3I.101K.H/c1-7-18-11-5-8(16)4-10(17)14(11)15(22)19(7)12-3-2-9(20)6-13(12)21;1-6-18-9-5-7(15)4-8(16)12(9)14(23)19(6)10(13(17)22)2-3-11(20)21;1-2;;;;;;;;;;;;;;;;;;;;;;;;;;;;;;;;;;;;;;;;;;;;;;;;;;;;;;;;;;;;;;;;;;;;;;;;;;;;;;;;;;;;;;;;;;;;;;;;;;;;;;/h4-5,12H,2-3,6,17H2,1H3;4-5,10H,2-3,16H2,1H3,(H2,17,22)(H,20,21);1H3;;;;;;;;;;;;;;;;;;;;;;;;;;;;;;;;;;;;;;;;;;;;;;;;;;;;;;;;;;;;;;;;;;;;;;;;;;;;;;;;;;;;;;;;;;;;;;;;;;;;;;/q;;;;;;;;;;;;;;;;;;;;;;;;;;;;;;;;;;;;;;;;;;;;;;;;;;;;;;;;;;;;;;;;;;;;;;;;;;;;;;;;;;;;;;;;;;;;;;;;;;;;;;;+1;-1/t;10-;;;;;;;;;;;;;;;;;;;;;;;;;;;;;;;;;;;;;;;;;;;;;;;;;;;;;;;;;;;;;;;;;;;;;;;;;;;;;;;;;;;;;;;;;;;;;;;;;;;;;;;/m.0......................................................................................................./s1/i;;1D;;;;;;;;;;;;;;;;;;;;;;;;;;;;;;;;;;;;;;;;;;;;;;;;;;;;;;;;;;;;;;;;;;;;;;;;;;;;;;;;;;;;;;;;;;;;;;;;;;;;;;. The Bertz CT molecular complexity index is 2200. The zero-order valence-electron chi connectivity index (χ0n) is 128. The predicted molar refractivity (Wildman–Crippen MR) is 755 cm³/mol. The Hall–Kier alpha value is 160. The van der Waals surface area contributed by atoms with Crippen molar-refractivity contribution in [1.82, 2.24) is 19.1 Å². The van der Waals surface area contributed by atoms with Crippen molar-refractivity contribution in [2.24, 2.45) is 5.73 Å². The first-order valence-corrected chi connectivity index (χ1v) is 865. The van der Waals surface area contributed by atoms with Crippen LogP contribution in [0.4, 0.5) is 20.2 Å². The van der Waals surface area contributed by atoms with Gasteiger partial charge in [-0.3, -0.25) is 37.9 Å². The molecule has 1 fully saturated rings. The van der Waals surface area contributed by atoms with Crippen molar-refractivity contribution < 1.29 is 87.2 Å². The van der Waals surface area contributed by atoms with Gasteiger partial charge in [-0.15, -0.1) is 0 Å². The molecule has 148 heavy (non-hydrogen) atoms. The number of hydrogen-bond acceptors (Lipinski definition) is 10. The van der Waals surface area contributed by atoms with Crippen molar-refractivity contribution in [1.29, 1.82) is 0 Å². The molecule has 1 unspecified atom stereocenters. The van der Waals surface area contributed by atoms with Gasteiger partial charge in [0.1, 0.15) is 35.1 Å². The summed E-state index contributed by atoms with van der Waals surface area (Å²) in [6, 6.07) is 2.32. The summed E-state index contributed by atoms with van der Waals surface area (Å²) in [7, 11) is 0. The number of aromatic nitrogens is 4. The molecule has 0 radical (unpaired) electrons. The van der Waals surface area contributed by atoms with Crippen LogP contribution in [0, 0.1) is 25.5 Å². The van der Waals surface area contributed by atoms with Crippen LogP contribution in [0.1, 0.15) is 58.6 Å². The number of ketones is 2. The molecular weight excluding hydrogens is 4680 g/mol.